The number of nitrogens with zero attached hydrogens (tertiary/aromatic N) is 4. The third-order valence-corrected chi connectivity index (χ3v) is 6.23. The predicted octanol–water partition coefficient (Wildman–Crippen LogP) is 4.10. The van der Waals surface area contributed by atoms with E-state index in [4.69, 9.17) is 11.6 Å². The van der Waals surface area contributed by atoms with Crippen molar-refractivity contribution in [3.05, 3.63) is 33.0 Å². The van der Waals surface area contributed by atoms with Crippen molar-refractivity contribution in [2.75, 3.05) is 13.1 Å². The highest BCUT2D eigenvalue weighted by molar-refractivity contribution is 7.16. The topological polar surface area (TPSA) is 34.0 Å². The van der Waals surface area contributed by atoms with Gasteiger partial charge in [-0.1, -0.05) is 18.0 Å². The molecule has 1 unspecified atom stereocenters. The number of hydrogen-bond acceptors (Lipinski definition) is 4. The lowest BCUT2D eigenvalue weighted by Crippen LogP contribution is -2.34. The Balaban J connectivity index is 1.48. The van der Waals surface area contributed by atoms with Crippen LogP contribution in [0.5, 0.6) is 0 Å². The molecule has 2 aliphatic heterocycles. The number of halogens is 1. The Bertz CT molecular complexity index is 665. The molecule has 6 heteroatoms. The molecule has 4 heterocycles. The molecule has 1 fully saturated rings. The van der Waals surface area contributed by atoms with Crippen molar-refractivity contribution >= 4 is 22.9 Å². The van der Waals surface area contributed by atoms with Crippen LogP contribution < -0.4 is 0 Å². The van der Waals surface area contributed by atoms with Gasteiger partial charge in [-0.15, -0.1) is 21.5 Å². The molecule has 4 rings (SSSR count). The van der Waals surface area contributed by atoms with Crippen molar-refractivity contribution in [1.29, 1.82) is 0 Å². The van der Waals surface area contributed by atoms with Crippen LogP contribution in [0.2, 0.25) is 4.34 Å². The molecule has 0 aliphatic carbocycles. The summed E-state index contributed by atoms with van der Waals surface area (Å²) in [5.41, 5.74) is 0. The van der Waals surface area contributed by atoms with Gasteiger partial charge in [-0.25, -0.2) is 0 Å². The lowest BCUT2D eigenvalue weighted by molar-refractivity contribution is 0.196. The molecular formula is C17H23ClN4S. The lowest BCUT2D eigenvalue weighted by Gasteiger charge is -2.32. The summed E-state index contributed by atoms with van der Waals surface area (Å²) in [7, 11) is 0. The van der Waals surface area contributed by atoms with Crippen molar-refractivity contribution in [3.63, 3.8) is 0 Å². The average Bonchev–Trinajstić information content (AvgIpc) is 3.07. The van der Waals surface area contributed by atoms with Gasteiger partial charge in [0.1, 0.15) is 11.6 Å². The fraction of sp³-hybridized carbons (Fsp3) is 0.647. The molecule has 2 aromatic heterocycles. The molecule has 2 aromatic rings. The van der Waals surface area contributed by atoms with Crippen LogP contribution in [0.4, 0.5) is 0 Å². The van der Waals surface area contributed by atoms with E-state index in [1.165, 1.54) is 55.2 Å². The minimum atomic E-state index is 0.526. The Morgan fingerprint density at radius 2 is 2.09 bits per heavy atom. The number of thiophene rings is 1. The van der Waals surface area contributed by atoms with Crippen molar-refractivity contribution in [2.45, 2.75) is 57.5 Å². The Labute approximate surface area is 146 Å². The van der Waals surface area contributed by atoms with Crippen LogP contribution in [0.1, 0.15) is 54.5 Å². The number of rotatable bonds is 3. The maximum atomic E-state index is 6.06. The summed E-state index contributed by atoms with van der Waals surface area (Å²) in [4.78, 5) is 3.91. The summed E-state index contributed by atoms with van der Waals surface area (Å²) in [5.74, 6) is 2.97. The van der Waals surface area contributed by atoms with E-state index < -0.39 is 0 Å². The van der Waals surface area contributed by atoms with Gasteiger partial charge in [0.15, 0.2) is 0 Å². The van der Waals surface area contributed by atoms with E-state index in [2.05, 4.69) is 25.7 Å². The number of aromatic nitrogens is 3. The molecule has 0 spiro atoms. The highest BCUT2D eigenvalue weighted by atomic mass is 35.5. The molecular weight excluding hydrogens is 328 g/mol. The number of fused-ring (bicyclic) bond motifs is 1. The Morgan fingerprint density at radius 3 is 2.96 bits per heavy atom. The minimum absolute atomic E-state index is 0.526. The van der Waals surface area contributed by atoms with E-state index in [0.29, 0.717) is 5.92 Å². The van der Waals surface area contributed by atoms with Gasteiger partial charge in [0.25, 0.3) is 0 Å². The molecule has 0 radical (unpaired) electrons. The number of piperidine rings is 1. The predicted molar refractivity (Wildman–Crippen MR) is 94.2 cm³/mol. The quantitative estimate of drug-likeness (QED) is 0.835. The van der Waals surface area contributed by atoms with Crippen molar-refractivity contribution in [3.8, 4) is 0 Å². The fourth-order valence-corrected chi connectivity index (χ4v) is 5.01. The summed E-state index contributed by atoms with van der Waals surface area (Å²) in [6.45, 7) is 4.38. The van der Waals surface area contributed by atoms with Crippen molar-refractivity contribution in [1.82, 2.24) is 19.7 Å². The largest absolute Gasteiger partial charge is 0.315 e. The summed E-state index contributed by atoms with van der Waals surface area (Å²) in [5, 5.41) is 9.06. The van der Waals surface area contributed by atoms with Gasteiger partial charge in [0.05, 0.1) is 4.34 Å². The van der Waals surface area contributed by atoms with Gasteiger partial charge < -0.3 is 4.57 Å². The molecule has 1 atom stereocenters. The van der Waals surface area contributed by atoms with Crippen LogP contribution in [-0.4, -0.2) is 32.8 Å². The second-order valence-corrected chi connectivity index (χ2v) is 8.52. The van der Waals surface area contributed by atoms with Gasteiger partial charge in [0.2, 0.25) is 0 Å². The Kier molecular flexibility index (Phi) is 4.69. The first kappa shape index (κ1) is 15.6. The zero-order valence-corrected chi connectivity index (χ0v) is 15.0. The Morgan fingerprint density at radius 1 is 1.13 bits per heavy atom. The van der Waals surface area contributed by atoms with E-state index in [9.17, 15) is 0 Å². The van der Waals surface area contributed by atoms with Gasteiger partial charge in [-0.2, -0.15) is 0 Å². The molecule has 0 aromatic carbocycles. The van der Waals surface area contributed by atoms with Crippen molar-refractivity contribution < 1.29 is 0 Å². The minimum Gasteiger partial charge on any atom is -0.315 e. The molecule has 4 nitrogen and oxygen atoms in total. The third-order valence-electron chi connectivity index (χ3n) is 5.02. The van der Waals surface area contributed by atoms with Gasteiger partial charge in [-0.3, -0.25) is 4.90 Å². The second-order valence-electron chi connectivity index (χ2n) is 6.72. The summed E-state index contributed by atoms with van der Waals surface area (Å²) in [6, 6.07) is 4.15. The molecule has 0 N–H and O–H groups in total. The molecule has 1 saturated heterocycles. The third kappa shape index (κ3) is 3.47. The lowest BCUT2D eigenvalue weighted by atomic mass is 9.97. The first-order chi connectivity index (χ1) is 11.3. The van der Waals surface area contributed by atoms with Crippen molar-refractivity contribution in [2.24, 2.45) is 0 Å². The number of aryl methyl sites for hydroxylation is 1. The zero-order chi connectivity index (χ0) is 15.6. The number of likely N-dealkylation sites (tertiary alicyclic amines) is 1. The molecule has 23 heavy (non-hydrogen) atoms. The van der Waals surface area contributed by atoms with E-state index in [0.717, 1.165) is 30.4 Å². The summed E-state index contributed by atoms with van der Waals surface area (Å²) < 4.78 is 3.31. The van der Waals surface area contributed by atoms with E-state index >= 15 is 0 Å². The van der Waals surface area contributed by atoms with Crippen LogP contribution in [0.3, 0.4) is 0 Å². The van der Waals surface area contributed by atoms with Crippen LogP contribution in [-0.2, 0) is 19.5 Å². The van der Waals surface area contributed by atoms with E-state index in [-0.39, 0.29) is 0 Å². The molecule has 0 amide bonds. The van der Waals surface area contributed by atoms with Crippen LogP contribution >= 0.6 is 22.9 Å². The van der Waals surface area contributed by atoms with E-state index in [1.807, 2.05) is 6.07 Å². The van der Waals surface area contributed by atoms with Gasteiger partial charge >= 0.3 is 0 Å². The average molecular weight is 351 g/mol. The number of hydrogen-bond donors (Lipinski definition) is 0. The highest BCUT2D eigenvalue weighted by Gasteiger charge is 2.27. The second kappa shape index (κ2) is 6.91. The maximum absolute atomic E-state index is 6.06. The van der Waals surface area contributed by atoms with E-state index in [1.54, 1.807) is 11.3 Å². The summed E-state index contributed by atoms with van der Waals surface area (Å²) in [6.07, 6.45) is 7.41. The normalized spacial score (nSPS) is 22.7. The zero-order valence-electron chi connectivity index (χ0n) is 13.4. The monoisotopic (exact) mass is 350 g/mol. The van der Waals surface area contributed by atoms with Gasteiger partial charge in [0, 0.05) is 36.9 Å². The maximum Gasteiger partial charge on any atom is 0.137 e. The standard InChI is InChI=1S/C17H23ClN4S/c18-15-8-7-14(23-15)12-21-9-4-5-13(11-21)17-20-19-16-6-2-1-3-10-22(16)17/h7-8,13H,1-6,9-12H2. The molecule has 2 aliphatic rings. The first-order valence-corrected chi connectivity index (χ1v) is 9.87. The Hall–Kier alpha value is -0.910. The first-order valence-electron chi connectivity index (χ1n) is 8.68. The highest BCUT2D eigenvalue weighted by Crippen LogP contribution is 2.30. The summed E-state index contributed by atoms with van der Waals surface area (Å²) >= 11 is 7.76. The SMILES string of the molecule is Clc1ccc(CN2CCCC(c3nnc4n3CCCCC4)C2)s1. The molecule has 0 saturated carbocycles. The molecule has 0 bridgehead atoms. The van der Waals surface area contributed by atoms with Gasteiger partial charge in [-0.05, 0) is 44.4 Å². The molecule has 124 valence electrons. The van der Waals surface area contributed by atoms with Crippen LogP contribution in [0.15, 0.2) is 12.1 Å². The van der Waals surface area contributed by atoms with Crippen LogP contribution in [0, 0.1) is 0 Å². The van der Waals surface area contributed by atoms with Crippen LogP contribution in [0.25, 0.3) is 0 Å². The smallest absolute Gasteiger partial charge is 0.137 e. The fourth-order valence-electron chi connectivity index (χ4n) is 3.88.